The number of nitrogens with one attached hydrogen (secondary N) is 2. The first-order valence-corrected chi connectivity index (χ1v) is 8.58. The standard InChI is InChI=1S/C19H18ClN3O5/c1-11(18(26)23-15-8-4-12(5-9-15)17(21)25)28-16(24)10-22-19(27)13-2-6-14(20)7-3-13/h2-9,11H,10H2,1H3,(H2,21,25)(H,22,27)(H,23,26)/t11-/m0/s1. The van der Waals surface area contributed by atoms with Crippen molar-refractivity contribution in [1.29, 1.82) is 0 Å². The third kappa shape index (κ3) is 6.10. The third-order valence-electron chi connectivity index (χ3n) is 3.61. The van der Waals surface area contributed by atoms with Crippen LogP contribution < -0.4 is 16.4 Å². The summed E-state index contributed by atoms with van der Waals surface area (Å²) in [5.74, 6) is -2.39. The summed E-state index contributed by atoms with van der Waals surface area (Å²) in [6.45, 7) is 0.998. The number of primary amides is 1. The van der Waals surface area contributed by atoms with Gasteiger partial charge < -0.3 is 21.1 Å². The molecule has 0 saturated carbocycles. The predicted octanol–water partition coefficient (Wildman–Crippen LogP) is 1.74. The molecule has 0 bridgehead atoms. The molecule has 2 aromatic carbocycles. The molecule has 2 aromatic rings. The van der Waals surface area contributed by atoms with Gasteiger partial charge in [-0.15, -0.1) is 0 Å². The van der Waals surface area contributed by atoms with E-state index in [0.717, 1.165) is 0 Å². The Balaban J connectivity index is 1.80. The van der Waals surface area contributed by atoms with Crippen LogP contribution in [-0.4, -0.2) is 36.3 Å². The first-order valence-electron chi connectivity index (χ1n) is 8.20. The van der Waals surface area contributed by atoms with Crippen LogP contribution in [0.3, 0.4) is 0 Å². The largest absolute Gasteiger partial charge is 0.451 e. The van der Waals surface area contributed by atoms with E-state index in [1.54, 1.807) is 12.1 Å². The van der Waals surface area contributed by atoms with Crippen LogP contribution in [-0.2, 0) is 14.3 Å². The van der Waals surface area contributed by atoms with Crippen molar-refractivity contribution in [2.45, 2.75) is 13.0 Å². The lowest BCUT2D eigenvalue weighted by Gasteiger charge is -2.14. The fourth-order valence-corrected chi connectivity index (χ4v) is 2.24. The van der Waals surface area contributed by atoms with Crippen molar-refractivity contribution in [3.8, 4) is 0 Å². The molecule has 8 nitrogen and oxygen atoms in total. The molecule has 0 fully saturated rings. The molecule has 0 aliphatic heterocycles. The second kappa shape index (κ2) is 9.52. The van der Waals surface area contributed by atoms with Gasteiger partial charge >= 0.3 is 5.97 Å². The molecular weight excluding hydrogens is 386 g/mol. The van der Waals surface area contributed by atoms with E-state index in [2.05, 4.69) is 10.6 Å². The van der Waals surface area contributed by atoms with Crippen molar-refractivity contribution in [3.05, 3.63) is 64.7 Å². The molecule has 9 heteroatoms. The molecule has 0 heterocycles. The van der Waals surface area contributed by atoms with Crippen LogP contribution in [0.5, 0.6) is 0 Å². The van der Waals surface area contributed by atoms with Gasteiger partial charge in [0.05, 0.1) is 0 Å². The Kier molecular flexibility index (Phi) is 7.11. The molecule has 0 spiro atoms. The summed E-state index contributed by atoms with van der Waals surface area (Å²) in [5.41, 5.74) is 6.19. The molecule has 0 aliphatic rings. The zero-order valence-electron chi connectivity index (χ0n) is 14.9. The lowest BCUT2D eigenvalue weighted by molar-refractivity contribution is -0.152. The number of halogens is 1. The molecule has 146 valence electrons. The van der Waals surface area contributed by atoms with Crippen LogP contribution in [0.4, 0.5) is 5.69 Å². The second-order valence-corrected chi connectivity index (χ2v) is 6.19. The van der Waals surface area contributed by atoms with Crippen molar-refractivity contribution >= 4 is 41.0 Å². The number of amides is 3. The van der Waals surface area contributed by atoms with E-state index in [4.69, 9.17) is 22.1 Å². The number of carbonyl (C=O) groups is 4. The average molecular weight is 404 g/mol. The second-order valence-electron chi connectivity index (χ2n) is 5.75. The summed E-state index contributed by atoms with van der Waals surface area (Å²) in [7, 11) is 0. The number of esters is 1. The summed E-state index contributed by atoms with van der Waals surface area (Å²) in [6, 6.07) is 12.1. The number of benzene rings is 2. The number of hydrogen-bond acceptors (Lipinski definition) is 5. The molecule has 3 amide bonds. The maximum Gasteiger partial charge on any atom is 0.326 e. The van der Waals surface area contributed by atoms with Crippen LogP contribution in [0.25, 0.3) is 0 Å². The quantitative estimate of drug-likeness (QED) is 0.606. The zero-order chi connectivity index (χ0) is 20.7. The number of ether oxygens (including phenoxy) is 1. The Labute approximate surface area is 166 Å². The van der Waals surface area contributed by atoms with Crippen molar-refractivity contribution in [1.82, 2.24) is 5.32 Å². The smallest absolute Gasteiger partial charge is 0.326 e. The summed E-state index contributed by atoms with van der Waals surface area (Å²) in [4.78, 5) is 46.9. The molecule has 2 rings (SSSR count). The maximum absolute atomic E-state index is 12.1. The monoisotopic (exact) mass is 403 g/mol. The van der Waals surface area contributed by atoms with Gasteiger partial charge in [-0.3, -0.25) is 19.2 Å². The van der Waals surface area contributed by atoms with E-state index < -0.39 is 36.3 Å². The number of anilines is 1. The fourth-order valence-electron chi connectivity index (χ4n) is 2.11. The van der Waals surface area contributed by atoms with Crippen LogP contribution in [0, 0.1) is 0 Å². The highest BCUT2D eigenvalue weighted by atomic mass is 35.5. The predicted molar refractivity (Wildman–Crippen MR) is 103 cm³/mol. The first-order chi connectivity index (χ1) is 13.3. The first kappa shape index (κ1) is 20.9. The number of carbonyl (C=O) groups excluding carboxylic acids is 4. The molecule has 1 atom stereocenters. The van der Waals surface area contributed by atoms with Gasteiger partial charge in [0.1, 0.15) is 6.54 Å². The summed E-state index contributed by atoms with van der Waals surface area (Å²) in [6.07, 6.45) is -1.09. The van der Waals surface area contributed by atoms with Crippen LogP contribution >= 0.6 is 11.6 Å². The van der Waals surface area contributed by atoms with Crippen molar-refractivity contribution in [2.75, 3.05) is 11.9 Å². The molecule has 0 radical (unpaired) electrons. The van der Waals surface area contributed by atoms with Gasteiger partial charge in [0.25, 0.3) is 11.8 Å². The van der Waals surface area contributed by atoms with Crippen LogP contribution in [0.2, 0.25) is 5.02 Å². The molecule has 0 aliphatic carbocycles. The lowest BCUT2D eigenvalue weighted by Crippen LogP contribution is -2.35. The normalized spacial score (nSPS) is 11.2. The van der Waals surface area contributed by atoms with Gasteiger partial charge in [-0.1, -0.05) is 11.6 Å². The Morgan fingerprint density at radius 1 is 1.00 bits per heavy atom. The van der Waals surface area contributed by atoms with E-state index in [-0.39, 0.29) is 0 Å². The molecule has 4 N–H and O–H groups in total. The number of rotatable bonds is 7. The highest BCUT2D eigenvalue weighted by molar-refractivity contribution is 6.30. The minimum Gasteiger partial charge on any atom is -0.451 e. The molecule has 28 heavy (non-hydrogen) atoms. The fraction of sp³-hybridized carbons (Fsp3) is 0.158. The van der Waals surface area contributed by atoms with Crippen molar-refractivity contribution < 1.29 is 23.9 Å². The van der Waals surface area contributed by atoms with Gasteiger partial charge in [0.15, 0.2) is 6.10 Å². The Morgan fingerprint density at radius 2 is 1.57 bits per heavy atom. The van der Waals surface area contributed by atoms with Crippen molar-refractivity contribution in [2.24, 2.45) is 5.73 Å². The van der Waals surface area contributed by atoms with E-state index in [1.165, 1.54) is 43.3 Å². The van der Waals surface area contributed by atoms with Crippen LogP contribution in [0.15, 0.2) is 48.5 Å². The highest BCUT2D eigenvalue weighted by Crippen LogP contribution is 2.11. The third-order valence-corrected chi connectivity index (χ3v) is 3.87. The molecule has 0 aromatic heterocycles. The van der Waals surface area contributed by atoms with Gasteiger partial charge in [-0.25, -0.2) is 0 Å². The minimum absolute atomic E-state index is 0.300. The summed E-state index contributed by atoms with van der Waals surface area (Å²) in [5, 5.41) is 5.42. The van der Waals surface area contributed by atoms with E-state index in [1.807, 2.05) is 0 Å². The number of hydrogen-bond donors (Lipinski definition) is 3. The number of nitrogens with two attached hydrogens (primary N) is 1. The Bertz CT molecular complexity index is 881. The summed E-state index contributed by atoms with van der Waals surface area (Å²) < 4.78 is 4.99. The van der Waals surface area contributed by atoms with Crippen LogP contribution in [0.1, 0.15) is 27.6 Å². The van der Waals surface area contributed by atoms with E-state index >= 15 is 0 Å². The molecular formula is C19H18ClN3O5. The topological polar surface area (TPSA) is 128 Å². The average Bonchev–Trinajstić information content (AvgIpc) is 2.67. The molecule has 0 unspecified atom stereocenters. The van der Waals surface area contributed by atoms with Gasteiger partial charge in [0.2, 0.25) is 5.91 Å². The zero-order valence-corrected chi connectivity index (χ0v) is 15.7. The lowest BCUT2D eigenvalue weighted by atomic mass is 10.2. The van der Waals surface area contributed by atoms with E-state index in [0.29, 0.717) is 21.8 Å². The van der Waals surface area contributed by atoms with Gasteiger partial charge in [0, 0.05) is 21.8 Å². The maximum atomic E-state index is 12.1. The van der Waals surface area contributed by atoms with Gasteiger partial charge in [-0.2, -0.15) is 0 Å². The van der Waals surface area contributed by atoms with Crippen molar-refractivity contribution in [3.63, 3.8) is 0 Å². The summed E-state index contributed by atoms with van der Waals surface area (Å²) >= 11 is 5.75. The molecule has 0 saturated heterocycles. The Morgan fingerprint density at radius 3 is 2.14 bits per heavy atom. The van der Waals surface area contributed by atoms with E-state index in [9.17, 15) is 19.2 Å². The SMILES string of the molecule is C[C@H](OC(=O)CNC(=O)c1ccc(Cl)cc1)C(=O)Nc1ccc(C(N)=O)cc1. The highest BCUT2D eigenvalue weighted by Gasteiger charge is 2.18. The minimum atomic E-state index is -1.09. The Hall–Kier alpha value is -3.39. The van der Waals surface area contributed by atoms with Gasteiger partial charge in [-0.05, 0) is 55.5 Å².